The van der Waals surface area contributed by atoms with Gasteiger partial charge in [0.2, 0.25) is 5.95 Å². The average molecular weight is 394 g/mol. The Hall–Kier alpha value is -3.13. The topological polar surface area (TPSA) is 89.3 Å². The number of carbonyl (C=O) groups is 1. The molecule has 0 bridgehead atoms. The summed E-state index contributed by atoms with van der Waals surface area (Å²) in [6, 6.07) is 8.82. The molecule has 2 atom stereocenters. The maximum absolute atomic E-state index is 13.2. The van der Waals surface area contributed by atoms with Crippen molar-refractivity contribution in [3.8, 4) is 11.5 Å². The molecular weight excluding hydrogens is 376 g/mol. The standard InChI is InChI=1S/C20H18N4O3S/c1-27-16-9-11(4-5-14(16)25)19-18-13(23-20-21-10-22-24(19)20)7-12(8-15(18)26)17-3-2-6-28-17/h2-6,9-10,12,19,25H,7-8H2,1H3,(H,21,22,23)/t12-,19+/m1/s1. The Labute approximate surface area is 165 Å². The number of Topliss-reactive ketones (excluding diaryl/α,β-unsaturated/α-hetero) is 1. The molecule has 28 heavy (non-hydrogen) atoms. The highest BCUT2D eigenvalue weighted by Gasteiger charge is 2.39. The van der Waals surface area contributed by atoms with Gasteiger partial charge in [0.05, 0.1) is 7.11 Å². The van der Waals surface area contributed by atoms with Gasteiger partial charge in [-0.1, -0.05) is 12.1 Å². The van der Waals surface area contributed by atoms with Gasteiger partial charge in [-0.15, -0.1) is 11.3 Å². The summed E-state index contributed by atoms with van der Waals surface area (Å²) >= 11 is 1.68. The number of anilines is 1. The number of thiophene rings is 1. The number of nitrogens with one attached hydrogen (secondary N) is 1. The van der Waals surface area contributed by atoms with Gasteiger partial charge in [-0.2, -0.15) is 10.1 Å². The van der Waals surface area contributed by atoms with Crippen molar-refractivity contribution >= 4 is 23.1 Å². The molecule has 5 rings (SSSR count). The normalized spacial score (nSPS) is 21.1. The fraction of sp³-hybridized carbons (Fsp3) is 0.250. The first-order chi connectivity index (χ1) is 13.7. The Kier molecular flexibility index (Phi) is 3.94. The van der Waals surface area contributed by atoms with E-state index in [0.29, 0.717) is 23.7 Å². The zero-order valence-corrected chi connectivity index (χ0v) is 15.9. The lowest BCUT2D eigenvalue weighted by Crippen LogP contribution is -2.33. The molecule has 2 aliphatic rings. The number of benzene rings is 1. The summed E-state index contributed by atoms with van der Waals surface area (Å²) in [5.41, 5.74) is 2.42. The van der Waals surface area contributed by atoms with Gasteiger partial charge < -0.3 is 15.2 Å². The second kappa shape index (κ2) is 6.49. The minimum absolute atomic E-state index is 0.0564. The minimum Gasteiger partial charge on any atom is -0.504 e. The Balaban J connectivity index is 1.63. The smallest absolute Gasteiger partial charge is 0.226 e. The molecule has 1 aliphatic heterocycles. The van der Waals surface area contributed by atoms with Crippen LogP contribution in [0.3, 0.4) is 0 Å². The van der Waals surface area contributed by atoms with Crippen LogP contribution in [0.25, 0.3) is 0 Å². The molecule has 3 aromatic rings. The summed E-state index contributed by atoms with van der Waals surface area (Å²) in [6.07, 6.45) is 2.70. The predicted molar refractivity (Wildman–Crippen MR) is 105 cm³/mol. The Morgan fingerprint density at radius 2 is 2.21 bits per heavy atom. The van der Waals surface area contributed by atoms with E-state index in [2.05, 4.69) is 21.5 Å². The van der Waals surface area contributed by atoms with Crippen LogP contribution in [0.2, 0.25) is 0 Å². The second-order valence-electron chi connectivity index (χ2n) is 6.92. The monoisotopic (exact) mass is 394 g/mol. The molecule has 0 amide bonds. The number of methoxy groups -OCH3 is 1. The summed E-state index contributed by atoms with van der Waals surface area (Å²) in [4.78, 5) is 18.8. The van der Waals surface area contributed by atoms with Crippen LogP contribution in [0.5, 0.6) is 11.5 Å². The molecule has 1 aliphatic carbocycles. The Bertz CT molecular complexity index is 1090. The van der Waals surface area contributed by atoms with E-state index < -0.39 is 6.04 Å². The van der Waals surface area contributed by atoms with Crippen molar-refractivity contribution < 1.29 is 14.6 Å². The summed E-state index contributed by atoms with van der Waals surface area (Å²) in [5, 5.41) is 19.7. The molecule has 3 heterocycles. The van der Waals surface area contributed by atoms with Gasteiger partial charge >= 0.3 is 0 Å². The fourth-order valence-electron chi connectivity index (χ4n) is 4.05. The summed E-state index contributed by atoms with van der Waals surface area (Å²) in [7, 11) is 1.50. The molecule has 0 saturated carbocycles. The maximum atomic E-state index is 13.2. The summed E-state index contributed by atoms with van der Waals surface area (Å²) in [5.74, 6) is 1.30. The molecule has 0 unspecified atom stereocenters. The number of hydrogen-bond donors (Lipinski definition) is 2. The van der Waals surface area contributed by atoms with Gasteiger partial charge in [0.1, 0.15) is 12.4 Å². The lowest BCUT2D eigenvalue weighted by Gasteiger charge is -2.34. The van der Waals surface area contributed by atoms with Gasteiger partial charge in [0, 0.05) is 28.5 Å². The van der Waals surface area contributed by atoms with Crippen molar-refractivity contribution in [1.29, 1.82) is 0 Å². The van der Waals surface area contributed by atoms with Crippen molar-refractivity contribution in [2.75, 3.05) is 12.4 Å². The van der Waals surface area contributed by atoms with Crippen LogP contribution in [-0.2, 0) is 4.79 Å². The van der Waals surface area contributed by atoms with E-state index in [9.17, 15) is 9.90 Å². The van der Waals surface area contributed by atoms with Gasteiger partial charge in [-0.25, -0.2) is 4.68 Å². The van der Waals surface area contributed by atoms with Crippen molar-refractivity contribution in [2.45, 2.75) is 24.8 Å². The van der Waals surface area contributed by atoms with Crippen LogP contribution in [0.4, 0.5) is 5.95 Å². The molecule has 2 N–H and O–H groups in total. The summed E-state index contributed by atoms with van der Waals surface area (Å²) in [6.45, 7) is 0. The van der Waals surface area contributed by atoms with Crippen molar-refractivity contribution in [3.05, 3.63) is 63.7 Å². The molecule has 0 fully saturated rings. The van der Waals surface area contributed by atoms with E-state index >= 15 is 0 Å². The van der Waals surface area contributed by atoms with Crippen LogP contribution in [0.15, 0.2) is 53.3 Å². The maximum Gasteiger partial charge on any atom is 0.226 e. The third-order valence-corrected chi connectivity index (χ3v) is 6.36. The number of ether oxygens (including phenoxy) is 1. The number of phenolic OH excluding ortho intramolecular Hbond substituents is 1. The largest absolute Gasteiger partial charge is 0.504 e. The zero-order valence-electron chi connectivity index (χ0n) is 15.1. The highest BCUT2D eigenvalue weighted by Crippen LogP contribution is 2.45. The van der Waals surface area contributed by atoms with Gasteiger partial charge in [-0.3, -0.25) is 4.79 Å². The van der Waals surface area contributed by atoms with E-state index in [1.807, 2.05) is 11.4 Å². The van der Waals surface area contributed by atoms with Crippen LogP contribution < -0.4 is 10.1 Å². The highest BCUT2D eigenvalue weighted by molar-refractivity contribution is 7.10. The number of aromatic nitrogens is 3. The zero-order chi connectivity index (χ0) is 19.3. The average Bonchev–Trinajstić information content (AvgIpc) is 3.38. The molecule has 1 aromatic carbocycles. The van der Waals surface area contributed by atoms with E-state index in [1.165, 1.54) is 18.3 Å². The predicted octanol–water partition coefficient (Wildman–Crippen LogP) is 3.47. The lowest BCUT2D eigenvalue weighted by atomic mass is 9.80. The van der Waals surface area contributed by atoms with Crippen LogP contribution in [0.1, 0.15) is 35.2 Å². The molecule has 0 saturated heterocycles. The van der Waals surface area contributed by atoms with Gasteiger partial charge in [0.15, 0.2) is 17.3 Å². The third-order valence-electron chi connectivity index (χ3n) is 5.33. The number of nitrogens with zero attached hydrogens (tertiary/aromatic N) is 3. The van der Waals surface area contributed by atoms with Crippen molar-refractivity contribution in [2.24, 2.45) is 0 Å². The molecule has 0 radical (unpaired) electrons. The third kappa shape index (κ3) is 2.60. The molecule has 0 spiro atoms. The molecule has 7 nitrogen and oxygen atoms in total. The SMILES string of the molecule is COc1cc([C@H]2C3=C(C[C@@H](c4cccs4)CC3=O)Nc3ncnn32)ccc1O. The number of carbonyl (C=O) groups excluding carboxylic acids is 1. The van der Waals surface area contributed by atoms with Crippen LogP contribution >= 0.6 is 11.3 Å². The number of phenols is 1. The quantitative estimate of drug-likeness (QED) is 0.707. The Morgan fingerprint density at radius 3 is 3.00 bits per heavy atom. The number of allylic oxidation sites excluding steroid dienone is 2. The fourth-order valence-corrected chi connectivity index (χ4v) is 4.88. The number of hydrogen-bond acceptors (Lipinski definition) is 7. The van der Waals surface area contributed by atoms with Crippen molar-refractivity contribution in [3.63, 3.8) is 0 Å². The van der Waals surface area contributed by atoms with E-state index in [1.54, 1.807) is 34.2 Å². The molecular formula is C20H18N4O3S. The first-order valence-corrected chi connectivity index (χ1v) is 9.86. The first-order valence-electron chi connectivity index (χ1n) is 8.98. The first kappa shape index (κ1) is 17.0. The van der Waals surface area contributed by atoms with Crippen molar-refractivity contribution in [1.82, 2.24) is 14.8 Å². The lowest BCUT2D eigenvalue weighted by molar-refractivity contribution is -0.116. The second-order valence-corrected chi connectivity index (χ2v) is 7.90. The molecule has 2 aromatic heterocycles. The molecule has 142 valence electrons. The van der Waals surface area contributed by atoms with Gasteiger partial charge in [0.25, 0.3) is 0 Å². The van der Waals surface area contributed by atoms with Crippen LogP contribution in [-0.4, -0.2) is 32.8 Å². The van der Waals surface area contributed by atoms with E-state index in [-0.39, 0.29) is 17.5 Å². The number of fused-ring (bicyclic) bond motifs is 1. The summed E-state index contributed by atoms with van der Waals surface area (Å²) < 4.78 is 6.98. The van der Waals surface area contributed by atoms with Crippen LogP contribution in [0, 0.1) is 0 Å². The highest BCUT2D eigenvalue weighted by atomic mass is 32.1. The van der Waals surface area contributed by atoms with Gasteiger partial charge in [-0.05, 0) is 35.6 Å². The number of rotatable bonds is 3. The number of ketones is 1. The van der Waals surface area contributed by atoms with E-state index in [0.717, 1.165) is 17.7 Å². The van der Waals surface area contributed by atoms with E-state index in [4.69, 9.17) is 4.74 Å². The Morgan fingerprint density at radius 1 is 1.32 bits per heavy atom. The molecule has 8 heteroatoms. The minimum atomic E-state index is -0.403. The number of aromatic hydroxyl groups is 1.